The molecule has 1 unspecified atom stereocenters. The second-order valence-corrected chi connectivity index (χ2v) is 15.6. The fourth-order valence-corrected chi connectivity index (χ4v) is 6.85. The Morgan fingerprint density at radius 1 is 0.519 bits per heavy atom. The molecule has 0 aliphatic carbocycles. The van der Waals surface area contributed by atoms with Gasteiger partial charge in [-0.25, -0.2) is 0 Å². The highest BCUT2D eigenvalue weighted by atomic mass is 16.5. The number of aliphatic hydroxyl groups is 2. The van der Waals surface area contributed by atoms with Crippen LogP contribution in [0, 0.1) is 0 Å². The monoisotopic (exact) mass is 765 g/mol. The summed E-state index contributed by atoms with van der Waals surface area (Å²) in [7, 11) is 0. The highest BCUT2D eigenvalue weighted by molar-refractivity contribution is 5.76. The lowest BCUT2D eigenvalue weighted by Gasteiger charge is -2.21. The smallest absolute Gasteiger partial charge is 0.222 e. The molecule has 7 nitrogen and oxygen atoms in total. The molecule has 7 heteroatoms. The minimum absolute atomic E-state index is 0.0118. The lowest BCUT2D eigenvalue weighted by molar-refractivity contribution is -0.126. The van der Waals surface area contributed by atoms with E-state index in [0.717, 1.165) is 25.9 Å². The van der Waals surface area contributed by atoms with Crippen molar-refractivity contribution < 1.29 is 24.5 Å². The lowest BCUT2D eigenvalue weighted by atomic mass is 10.1. The maximum atomic E-state index is 12.8. The van der Waals surface area contributed by atoms with Gasteiger partial charge in [-0.2, -0.15) is 0 Å². The average molecular weight is 765 g/mol. The number of allylic oxidation sites excluding steroid dienone is 4. The van der Waals surface area contributed by atoms with Crippen molar-refractivity contribution in [3.05, 3.63) is 24.3 Å². The summed E-state index contributed by atoms with van der Waals surface area (Å²) in [6, 6.07) is 0. The molecule has 0 aromatic carbocycles. The lowest BCUT2D eigenvalue weighted by Crippen LogP contribution is -2.38. The number of hydrogen-bond donors (Lipinski definition) is 3. The molecule has 54 heavy (non-hydrogen) atoms. The highest BCUT2D eigenvalue weighted by Gasteiger charge is 2.14. The third-order valence-electron chi connectivity index (χ3n) is 10.3. The molecule has 0 saturated carbocycles. The van der Waals surface area contributed by atoms with E-state index in [1.807, 2.05) is 4.90 Å². The quantitative estimate of drug-likeness (QED) is 0.0325. The predicted molar refractivity (Wildman–Crippen MR) is 232 cm³/mol. The first-order valence-corrected chi connectivity index (χ1v) is 23.4. The van der Waals surface area contributed by atoms with Crippen molar-refractivity contribution in [2.24, 2.45) is 0 Å². The van der Waals surface area contributed by atoms with Crippen LogP contribution in [0.1, 0.15) is 213 Å². The van der Waals surface area contributed by atoms with E-state index in [1.165, 1.54) is 161 Å². The number of hydrogen-bond acceptors (Lipinski definition) is 6. The summed E-state index contributed by atoms with van der Waals surface area (Å²) < 4.78 is 12.1. The van der Waals surface area contributed by atoms with E-state index in [-0.39, 0.29) is 25.3 Å². The minimum Gasteiger partial charge on any atom is -0.395 e. The first-order chi connectivity index (χ1) is 26.7. The van der Waals surface area contributed by atoms with Crippen molar-refractivity contribution in [2.75, 3.05) is 52.7 Å². The summed E-state index contributed by atoms with van der Waals surface area (Å²) in [6.45, 7) is 8.36. The Kier molecular flexibility index (Phi) is 45.1. The van der Waals surface area contributed by atoms with E-state index in [1.54, 1.807) is 0 Å². The van der Waals surface area contributed by atoms with Crippen molar-refractivity contribution in [1.29, 1.82) is 0 Å². The Bertz CT molecular complexity index is 786. The van der Waals surface area contributed by atoms with Gasteiger partial charge in [0.2, 0.25) is 5.91 Å². The zero-order valence-electron chi connectivity index (χ0n) is 36.0. The molecule has 0 fully saturated rings. The van der Waals surface area contributed by atoms with Crippen LogP contribution >= 0.6 is 0 Å². The van der Waals surface area contributed by atoms with Crippen LogP contribution in [0.15, 0.2) is 24.3 Å². The van der Waals surface area contributed by atoms with Gasteiger partial charge < -0.3 is 25.0 Å². The molecule has 3 N–H and O–H groups in total. The highest BCUT2D eigenvalue weighted by Crippen LogP contribution is 2.12. The minimum atomic E-state index is -0.327. The molecule has 0 saturated heterocycles. The maximum Gasteiger partial charge on any atom is 0.222 e. The van der Waals surface area contributed by atoms with Crippen LogP contribution in [-0.4, -0.2) is 79.9 Å². The van der Waals surface area contributed by atoms with Crippen LogP contribution in [-0.2, 0) is 14.3 Å². The number of amides is 1. The number of nitrogens with one attached hydrogen (secondary N) is 1. The Morgan fingerprint density at radius 2 is 0.926 bits per heavy atom. The molecular formula is C47H92N2O5. The Morgan fingerprint density at radius 3 is 1.37 bits per heavy atom. The molecule has 0 radical (unpaired) electrons. The van der Waals surface area contributed by atoms with E-state index in [0.29, 0.717) is 52.1 Å². The van der Waals surface area contributed by atoms with Crippen molar-refractivity contribution in [2.45, 2.75) is 219 Å². The molecule has 1 amide bonds. The summed E-state index contributed by atoms with van der Waals surface area (Å²) in [5.41, 5.74) is 0. The molecule has 0 rings (SSSR count). The summed E-state index contributed by atoms with van der Waals surface area (Å²) in [5.74, 6) is -0.0118. The molecule has 0 aliphatic heterocycles. The van der Waals surface area contributed by atoms with Gasteiger partial charge in [0.15, 0.2) is 0 Å². The maximum absolute atomic E-state index is 12.8. The first kappa shape index (κ1) is 52.8. The van der Waals surface area contributed by atoms with Gasteiger partial charge in [0.05, 0.1) is 19.8 Å². The van der Waals surface area contributed by atoms with Gasteiger partial charge in [-0.05, 0) is 77.2 Å². The summed E-state index contributed by atoms with van der Waals surface area (Å²) in [6.07, 6.45) is 47.1. The molecule has 320 valence electrons. The molecule has 0 aliphatic rings. The number of nitrogens with zero attached hydrogens (tertiary/aromatic N) is 1. The van der Waals surface area contributed by atoms with E-state index >= 15 is 0 Å². The number of aliphatic hydroxyl groups excluding tert-OH is 2. The molecule has 0 bridgehead atoms. The first-order valence-electron chi connectivity index (χ1n) is 23.4. The third-order valence-corrected chi connectivity index (χ3v) is 10.3. The topological polar surface area (TPSA) is 91.3 Å². The Balaban J connectivity index is 4.12. The van der Waals surface area contributed by atoms with Crippen LogP contribution in [0.3, 0.4) is 0 Å². The van der Waals surface area contributed by atoms with Crippen LogP contribution in [0.5, 0.6) is 0 Å². The van der Waals surface area contributed by atoms with Crippen LogP contribution < -0.4 is 5.32 Å². The zero-order chi connectivity index (χ0) is 39.3. The van der Waals surface area contributed by atoms with Gasteiger partial charge in [0, 0.05) is 39.1 Å². The second kappa shape index (κ2) is 46.1. The SMILES string of the molecule is CCCCCCCCC=CCCCCCCCCOCCC(NC(=O)CCCN(CCO)CCO)OCCCCCCCCC=CCCCCCCCC. The van der Waals surface area contributed by atoms with Gasteiger partial charge >= 0.3 is 0 Å². The molecular weight excluding hydrogens is 673 g/mol. The third kappa shape index (κ3) is 41.9. The van der Waals surface area contributed by atoms with E-state index in [9.17, 15) is 15.0 Å². The van der Waals surface area contributed by atoms with Crippen molar-refractivity contribution in [1.82, 2.24) is 10.2 Å². The van der Waals surface area contributed by atoms with Crippen LogP contribution in [0.2, 0.25) is 0 Å². The predicted octanol–water partition coefficient (Wildman–Crippen LogP) is 12.0. The fourth-order valence-electron chi connectivity index (χ4n) is 6.85. The van der Waals surface area contributed by atoms with E-state index in [2.05, 4.69) is 43.5 Å². The number of unbranched alkanes of at least 4 members (excludes halogenated alkanes) is 24. The van der Waals surface area contributed by atoms with Gasteiger partial charge in [0.1, 0.15) is 6.23 Å². The number of carbonyl (C=O) groups excluding carboxylic acids is 1. The fraction of sp³-hybridized carbons (Fsp3) is 0.894. The van der Waals surface area contributed by atoms with Crippen LogP contribution in [0.4, 0.5) is 0 Å². The molecule has 0 spiro atoms. The summed E-state index contributed by atoms with van der Waals surface area (Å²) in [5, 5.41) is 21.6. The molecule has 0 aromatic heterocycles. The summed E-state index contributed by atoms with van der Waals surface area (Å²) in [4.78, 5) is 14.8. The Labute approximate surface area is 335 Å². The van der Waals surface area contributed by atoms with E-state index in [4.69, 9.17) is 9.47 Å². The van der Waals surface area contributed by atoms with Gasteiger partial charge in [-0.3, -0.25) is 9.69 Å². The van der Waals surface area contributed by atoms with E-state index < -0.39 is 0 Å². The second-order valence-electron chi connectivity index (χ2n) is 15.6. The molecule has 1 atom stereocenters. The number of carbonyl (C=O) groups is 1. The van der Waals surface area contributed by atoms with Gasteiger partial charge in [0.25, 0.3) is 0 Å². The summed E-state index contributed by atoms with van der Waals surface area (Å²) >= 11 is 0. The Hall–Kier alpha value is -1.25. The average Bonchev–Trinajstić information content (AvgIpc) is 3.17. The van der Waals surface area contributed by atoms with Crippen molar-refractivity contribution in [3.63, 3.8) is 0 Å². The molecule has 0 heterocycles. The normalized spacial score (nSPS) is 12.5. The van der Waals surface area contributed by atoms with Gasteiger partial charge in [-0.15, -0.1) is 0 Å². The van der Waals surface area contributed by atoms with Crippen LogP contribution in [0.25, 0.3) is 0 Å². The standard InChI is InChI=1S/C47H92N2O5/c1-3-5-7-9-11-13-15-17-19-21-23-25-27-29-31-33-43-53-45-37-47(48-46(52)36-35-38-49(39-41-50)40-42-51)54-44-34-32-30-28-26-24-22-20-18-16-14-12-10-8-6-4-2/h17-20,47,50-51H,3-16,21-45H2,1-2H3,(H,48,52). The molecule has 0 aromatic rings. The number of ether oxygens (including phenoxy) is 2. The van der Waals surface area contributed by atoms with Crippen molar-refractivity contribution in [3.8, 4) is 0 Å². The largest absolute Gasteiger partial charge is 0.395 e. The zero-order valence-corrected chi connectivity index (χ0v) is 36.0. The van der Waals surface area contributed by atoms with Crippen molar-refractivity contribution >= 4 is 5.91 Å². The van der Waals surface area contributed by atoms with Gasteiger partial charge in [-0.1, -0.05) is 154 Å². The number of rotatable bonds is 45.